The molecular formula is C12H18S2. The van der Waals surface area contributed by atoms with Gasteiger partial charge < -0.3 is 0 Å². The van der Waals surface area contributed by atoms with Crippen molar-refractivity contribution in [3.63, 3.8) is 0 Å². The van der Waals surface area contributed by atoms with Crippen molar-refractivity contribution in [1.29, 1.82) is 0 Å². The molecule has 0 bridgehead atoms. The van der Waals surface area contributed by atoms with E-state index in [0.717, 1.165) is 9.81 Å². The fourth-order valence-electron chi connectivity index (χ4n) is 0.845. The fourth-order valence-corrected chi connectivity index (χ4v) is 2.42. The molecule has 0 radical (unpaired) electrons. The number of rotatable bonds is 3. The number of aryl methyl sites for hydroxylation is 1. The van der Waals surface area contributed by atoms with Gasteiger partial charge in [-0.05, 0) is 30.9 Å². The van der Waals surface area contributed by atoms with Gasteiger partial charge >= 0.3 is 0 Å². The lowest BCUT2D eigenvalue weighted by molar-refractivity contribution is 1.50. The third-order valence-corrected chi connectivity index (χ3v) is 3.32. The second-order valence-electron chi connectivity index (χ2n) is 2.64. The Morgan fingerprint density at radius 3 is 2.21 bits per heavy atom. The maximum Gasteiger partial charge on any atom is 0.0406 e. The van der Waals surface area contributed by atoms with E-state index in [9.17, 15) is 0 Å². The van der Waals surface area contributed by atoms with Crippen molar-refractivity contribution in [2.45, 2.75) is 27.7 Å². The van der Waals surface area contributed by atoms with Crippen molar-refractivity contribution in [3.05, 3.63) is 40.0 Å². The first-order valence-electron chi connectivity index (χ1n) is 4.68. The first kappa shape index (κ1) is 13.5. The first-order chi connectivity index (χ1) is 6.59. The maximum absolute atomic E-state index is 3.99. The van der Waals surface area contributed by atoms with E-state index in [-0.39, 0.29) is 0 Å². The van der Waals surface area contributed by atoms with Gasteiger partial charge in [0.2, 0.25) is 0 Å². The summed E-state index contributed by atoms with van der Waals surface area (Å²) in [4.78, 5) is 4.76. The molecule has 1 rings (SSSR count). The Bertz CT molecular complexity index is 308. The van der Waals surface area contributed by atoms with Crippen LogP contribution < -0.4 is 0 Å². The van der Waals surface area contributed by atoms with Gasteiger partial charge in [-0.2, -0.15) is 0 Å². The zero-order valence-corrected chi connectivity index (χ0v) is 11.0. The molecule has 0 aliphatic heterocycles. The quantitative estimate of drug-likeness (QED) is 0.672. The zero-order valence-electron chi connectivity index (χ0n) is 9.39. The third-order valence-electron chi connectivity index (χ3n) is 1.31. The Balaban J connectivity index is 0.000000791. The summed E-state index contributed by atoms with van der Waals surface area (Å²) < 4.78 is 0. The molecule has 0 fully saturated rings. The zero-order chi connectivity index (χ0) is 11.1. The Labute approximate surface area is 95.7 Å². The van der Waals surface area contributed by atoms with Crippen LogP contribution in [-0.4, -0.2) is 0 Å². The van der Waals surface area contributed by atoms with E-state index in [2.05, 4.69) is 32.2 Å². The summed E-state index contributed by atoms with van der Waals surface area (Å²) in [6.45, 7) is 15.9. The highest BCUT2D eigenvalue weighted by Gasteiger charge is 2.01. The van der Waals surface area contributed by atoms with E-state index < -0.39 is 0 Å². The van der Waals surface area contributed by atoms with Crippen LogP contribution in [0, 0.1) is 6.92 Å². The average Bonchev–Trinajstić information content (AvgIpc) is 2.54. The molecule has 0 saturated heterocycles. The van der Waals surface area contributed by atoms with Gasteiger partial charge in [0.1, 0.15) is 0 Å². The van der Waals surface area contributed by atoms with Crippen molar-refractivity contribution < 1.29 is 0 Å². The highest BCUT2D eigenvalue weighted by Crippen LogP contribution is 2.34. The Hall–Kier alpha value is -0.470. The molecule has 1 aromatic heterocycles. The molecule has 0 saturated carbocycles. The Kier molecular flexibility index (Phi) is 6.67. The topological polar surface area (TPSA) is 0 Å². The number of hydrogen-bond donors (Lipinski definition) is 0. The summed E-state index contributed by atoms with van der Waals surface area (Å²) in [5.41, 5.74) is 0. The van der Waals surface area contributed by atoms with Gasteiger partial charge in [0, 0.05) is 14.7 Å². The lowest BCUT2D eigenvalue weighted by Crippen LogP contribution is -1.68. The van der Waals surface area contributed by atoms with Crippen LogP contribution in [0.3, 0.4) is 0 Å². The molecule has 0 nitrogen and oxygen atoms in total. The third kappa shape index (κ3) is 4.68. The number of allylic oxidation sites excluding steroid dienone is 1. The minimum Gasteiger partial charge on any atom is -0.140 e. The van der Waals surface area contributed by atoms with Crippen molar-refractivity contribution in [2.75, 3.05) is 0 Å². The molecule has 1 aromatic rings. The lowest BCUT2D eigenvalue weighted by atomic mass is 10.4. The van der Waals surface area contributed by atoms with Gasteiger partial charge in [-0.25, -0.2) is 0 Å². The Morgan fingerprint density at radius 1 is 1.29 bits per heavy atom. The van der Waals surface area contributed by atoms with Gasteiger partial charge in [0.25, 0.3) is 0 Å². The van der Waals surface area contributed by atoms with E-state index in [0.29, 0.717) is 0 Å². The second kappa shape index (κ2) is 6.91. The average molecular weight is 226 g/mol. The molecule has 0 aliphatic carbocycles. The molecular weight excluding hydrogens is 208 g/mol. The standard InChI is InChI=1S/C10H12S2.C2H6/c1-7(2)11-9(4)10-6-5-8(3)12-10;1-2/h5-6H,1,4H2,2-3H3;1-2H3. The molecule has 0 aromatic carbocycles. The molecule has 0 unspecified atom stereocenters. The number of hydrogen-bond acceptors (Lipinski definition) is 2. The van der Waals surface area contributed by atoms with Crippen LogP contribution in [0.15, 0.2) is 30.2 Å². The van der Waals surface area contributed by atoms with Crippen molar-refractivity contribution in [1.82, 2.24) is 0 Å². The van der Waals surface area contributed by atoms with Gasteiger partial charge in [-0.1, -0.05) is 38.8 Å². The van der Waals surface area contributed by atoms with E-state index in [4.69, 9.17) is 0 Å². The van der Waals surface area contributed by atoms with Crippen LogP contribution in [0.5, 0.6) is 0 Å². The molecule has 2 heteroatoms. The summed E-state index contributed by atoms with van der Waals surface area (Å²) in [5, 5.41) is 0. The van der Waals surface area contributed by atoms with E-state index in [1.54, 1.807) is 23.1 Å². The van der Waals surface area contributed by atoms with Crippen LogP contribution >= 0.6 is 23.1 Å². The predicted octanol–water partition coefficient (Wildman–Crippen LogP) is 5.32. The molecule has 0 N–H and O–H groups in total. The summed E-state index contributed by atoms with van der Waals surface area (Å²) in [6, 6.07) is 4.22. The molecule has 0 amide bonds. The van der Waals surface area contributed by atoms with E-state index in [1.807, 2.05) is 20.8 Å². The van der Waals surface area contributed by atoms with Crippen LogP contribution in [0.2, 0.25) is 0 Å². The molecule has 1 heterocycles. The van der Waals surface area contributed by atoms with Crippen LogP contribution in [0.1, 0.15) is 30.5 Å². The van der Waals surface area contributed by atoms with Crippen molar-refractivity contribution in [3.8, 4) is 0 Å². The molecule has 14 heavy (non-hydrogen) atoms. The molecule has 0 aliphatic rings. The lowest BCUT2D eigenvalue weighted by Gasteiger charge is -1.99. The second-order valence-corrected chi connectivity index (χ2v) is 5.32. The smallest absolute Gasteiger partial charge is 0.0406 e. The largest absolute Gasteiger partial charge is 0.140 e. The van der Waals surface area contributed by atoms with Gasteiger partial charge in [-0.3, -0.25) is 0 Å². The van der Waals surface area contributed by atoms with Crippen LogP contribution in [-0.2, 0) is 0 Å². The summed E-state index contributed by atoms with van der Waals surface area (Å²) in [6.07, 6.45) is 0. The SMILES string of the molecule is C=C(C)SC(=C)c1ccc(C)s1.CC. The van der Waals surface area contributed by atoms with E-state index >= 15 is 0 Å². The van der Waals surface area contributed by atoms with Gasteiger partial charge in [0.15, 0.2) is 0 Å². The van der Waals surface area contributed by atoms with Crippen molar-refractivity contribution >= 4 is 28.0 Å². The summed E-state index contributed by atoms with van der Waals surface area (Å²) in [5.74, 6) is 0. The summed E-state index contributed by atoms with van der Waals surface area (Å²) >= 11 is 3.42. The van der Waals surface area contributed by atoms with Crippen molar-refractivity contribution in [2.24, 2.45) is 0 Å². The summed E-state index contributed by atoms with van der Waals surface area (Å²) in [7, 11) is 0. The minimum atomic E-state index is 1.09. The van der Waals surface area contributed by atoms with Crippen LogP contribution in [0.4, 0.5) is 0 Å². The first-order valence-corrected chi connectivity index (χ1v) is 6.32. The number of thioether (sulfide) groups is 1. The number of thiophene rings is 1. The Morgan fingerprint density at radius 2 is 1.86 bits per heavy atom. The highest BCUT2D eigenvalue weighted by atomic mass is 32.2. The highest BCUT2D eigenvalue weighted by molar-refractivity contribution is 8.11. The monoisotopic (exact) mass is 226 g/mol. The predicted molar refractivity (Wildman–Crippen MR) is 71.8 cm³/mol. The van der Waals surface area contributed by atoms with E-state index in [1.165, 1.54) is 9.75 Å². The van der Waals surface area contributed by atoms with Gasteiger partial charge in [-0.15, -0.1) is 11.3 Å². The molecule has 0 atom stereocenters. The maximum atomic E-state index is 3.99. The fraction of sp³-hybridized carbons (Fsp3) is 0.333. The molecule has 0 spiro atoms. The normalized spacial score (nSPS) is 8.86. The minimum absolute atomic E-state index is 1.09. The van der Waals surface area contributed by atoms with Gasteiger partial charge in [0.05, 0.1) is 0 Å². The van der Waals surface area contributed by atoms with Crippen LogP contribution in [0.25, 0.3) is 4.91 Å². The molecule has 78 valence electrons.